The smallest absolute Gasteiger partial charge is 0.154 e. The van der Waals surface area contributed by atoms with E-state index in [2.05, 4.69) is 0 Å². The average molecular weight is 230 g/mol. The molecule has 1 rings (SSSR count). The molecule has 0 saturated heterocycles. The second-order valence-electron chi connectivity index (χ2n) is 4.74. The highest BCUT2D eigenvalue weighted by atomic mass is 35.5. The van der Waals surface area contributed by atoms with Crippen molar-refractivity contribution in [2.45, 2.75) is 26.4 Å². The van der Waals surface area contributed by atoms with E-state index in [1.165, 1.54) is 0 Å². The van der Waals surface area contributed by atoms with Crippen molar-refractivity contribution in [3.63, 3.8) is 0 Å². The van der Waals surface area contributed by atoms with Crippen LogP contribution in [0.1, 0.15) is 26.3 Å². The molecule has 1 atom stereocenters. The minimum Gasteiger partial charge on any atom is -0.327 e. The predicted octanol–water partition coefficient (Wildman–Crippen LogP) is 3.51. The lowest BCUT2D eigenvalue weighted by Gasteiger charge is -2.37. The number of halogens is 2. The van der Waals surface area contributed by atoms with Crippen LogP contribution >= 0.6 is 11.6 Å². The van der Waals surface area contributed by atoms with Gasteiger partial charge in [-0.25, -0.2) is 4.39 Å². The zero-order chi connectivity index (χ0) is 11.7. The Morgan fingerprint density at radius 3 is 2.20 bits per heavy atom. The Labute approximate surface area is 95.4 Å². The molecule has 1 aromatic carbocycles. The van der Waals surface area contributed by atoms with Crippen LogP contribution in [0.4, 0.5) is 4.39 Å². The van der Waals surface area contributed by atoms with Crippen LogP contribution in [0.2, 0.25) is 5.02 Å². The summed E-state index contributed by atoms with van der Waals surface area (Å²) in [7, 11) is 0. The molecule has 0 saturated carbocycles. The third-order valence-corrected chi connectivity index (χ3v) is 3.10. The van der Waals surface area contributed by atoms with Crippen molar-refractivity contribution in [3.8, 4) is 0 Å². The summed E-state index contributed by atoms with van der Waals surface area (Å²) >= 11 is 6.00. The normalized spacial score (nSPS) is 16.1. The Hall–Kier alpha value is -0.600. The zero-order valence-electron chi connectivity index (χ0n) is 9.35. The highest BCUT2D eigenvalue weighted by Gasteiger charge is 2.43. The van der Waals surface area contributed by atoms with Crippen LogP contribution in [-0.2, 0) is 5.67 Å². The van der Waals surface area contributed by atoms with Crippen molar-refractivity contribution in [2.24, 2.45) is 11.1 Å². The van der Waals surface area contributed by atoms with Gasteiger partial charge in [0.05, 0.1) is 0 Å². The van der Waals surface area contributed by atoms with Gasteiger partial charge in [-0.15, -0.1) is 0 Å². The van der Waals surface area contributed by atoms with Crippen LogP contribution in [0.25, 0.3) is 0 Å². The summed E-state index contributed by atoms with van der Waals surface area (Å²) in [4.78, 5) is 0. The van der Waals surface area contributed by atoms with Crippen LogP contribution in [0, 0.1) is 5.41 Å². The summed E-state index contributed by atoms with van der Waals surface area (Å²) in [5, 5.41) is 0.431. The number of rotatable bonds is 2. The van der Waals surface area contributed by atoms with Crippen molar-refractivity contribution >= 4 is 11.6 Å². The SMILES string of the molecule is CC(C)(C)C(F)(CN)c1ccccc1Cl. The molecule has 2 N–H and O–H groups in total. The van der Waals surface area contributed by atoms with E-state index < -0.39 is 11.1 Å². The fraction of sp³-hybridized carbons (Fsp3) is 0.500. The van der Waals surface area contributed by atoms with E-state index in [1.54, 1.807) is 24.3 Å². The van der Waals surface area contributed by atoms with Crippen LogP contribution in [0.5, 0.6) is 0 Å². The highest BCUT2D eigenvalue weighted by molar-refractivity contribution is 6.31. The molecular formula is C12H17ClFN. The zero-order valence-corrected chi connectivity index (χ0v) is 10.1. The second kappa shape index (κ2) is 4.11. The Morgan fingerprint density at radius 2 is 1.80 bits per heavy atom. The van der Waals surface area contributed by atoms with Gasteiger partial charge in [-0.3, -0.25) is 0 Å². The minimum absolute atomic E-state index is 0.0692. The van der Waals surface area contributed by atoms with Crippen LogP contribution in [0.3, 0.4) is 0 Å². The summed E-state index contributed by atoms with van der Waals surface area (Å²) in [6, 6.07) is 6.94. The van der Waals surface area contributed by atoms with Crippen LogP contribution in [-0.4, -0.2) is 6.54 Å². The monoisotopic (exact) mass is 229 g/mol. The second-order valence-corrected chi connectivity index (χ2v) is 5.14. The van der Waals surface area contributed by atoms with Crippen molar-refractivity contribution in [1.82, 2.24) is 0 Å². The molecule has 0 spiro atoms. The molecule has 0 aliphatic carbocycles. The van der Waals surface area contributed by atoms with Gasteiger partial charge in [0.2, 0.25) is 0 Å². The first kappa shape index (κ1) is 12.5. The van der Waals surface area contributed by atoms with Gasteiger partial charge in [-0.2, -0.15) is 0 Å². The molecular weight excluding hydrogens is 213 g/mol. The van der Waals surface area contributed by atoms with Gasteiger partial charge in [0.15, 0.2) is 5.67 Å². The van der Waals surface area contributed by atoms with E-state index in [0.717, 1.165) is 0 Å². The Kier molecular flexibility index (Phi) is 3.41. The molecule has 0 aliphatic rings. The van der Waals surface area contributed by atoms with Gasteiger partial charge in [-0.1, -0.05) is 50.6 Å². The molecule has 0 fully saturated rings. The third kappa shape index (κ3) is 2.16. The largest absolute Gasteiger partial charge is 0.327 e. The maximum absolute atomic E-state index is 14.8. The molecule has 0 heterocycles. The molecule has 0 bridgehead atoms. The summed E-state index contributed by atoms with van der Waals surface area (Å²) < 4.78 is 14.8. The number of hydrogen-bond acceptors (Lipinski definition) is 1. The van der Waals surface area contributed by atoms with Gasteiger partial charge < -0.3 is 5.73 Å². The number of benzene rings is 1. The first-order valence-electron chi connectivity index (χ1n) is 4.97. The molecule has 0 aromatic heterocycles. The minimum atomic E-state index is -1.59. The van der Waals surface area contributed by atoms with Gasteiger partial charge >= 0.3 is 0 Å². The molecule has 84 valence electrons. The van der Waals surface area contributed by atoms with E-state index in [9.17, 15) is 4.39 Å². The maximum atomic E-state index is 14.8. The van der Waals surface area contributed by atoms with Crippen LogP contribution < -0.4 is 5.73 Å². The van der Waals surface area contributed by atoms with Gasteiger partial charge in [0.25, 0.3) is 0 Å². The molecule has 0 amide bonds. The fourth-order valence-electron chi connectivity index (χ4n) is 1.60. The number of alkyl halides is 1. The van der Waals surface area contributed by atoms with Crippen molar-refractivity contribution in [3.05, 3.63) is 34.9 Å². The van der Waals surface area contributed by atoms with Gasteiger partial charge in [0, 0.05) is 22.5 Å². The fourth-order valence-corrected chi connectivity index (χ4v) is 1.89. The van der Waals surface area contributed by atoms with Gasteiger partial charge in [-0.05, 0) is 6.07 Å². The van der Waals surface area contributed by atoms with E-state index in [1.807, 2.05) is 20.8 Å². The van der Waals surface area contributed by atoms with E-state index in [4.69, 9.17) is 17.3 Å². The number of hydrogen-bond donors (Lipinski definition) is 1. The average Bonchev–Trinajstić information content (AvgIpc) is 2.15. The first-order valence-corrected chi connectivity index (χ1v) is 5.35. The lowest BCUT2D eigenvalue weighted by molar-refractivity contribution is 0.0344. The summed E-state index contributed by atoms with van der Waals surface area (Å²) in [5.74, 6) is 0. The quantitative estimate of drug-likeness (QED) is 0.825. The molecule has 15 heavy (non-hydrogen) atoms. The Bertz CT molecular complexity index is 346. The Morgan fingerprint density at radius 1 is 1.27 bits per heavy atom. The summed E-state index contributed by atoms with van der Waals surface area (Å²) in [6.45, 7) is 5.40. The van der Waals surface area contributed by atoms with Crippen molar-refractivity contribution < 1.29 is 4.39 Å². The molecule has 0 aliphatic heterocycles. The van der Waals surface area contributed by atoms with Crippen molar-refractivity contribution in [2.75, 3.05) is 6.54 Å². The predicted molar refractivity (Wildman–Crippen MR) is 62.7 cm³/mol. The molecule has 1 aromatic rings. The van der Waals surface area contributed by atoms with E-state index in [-0.39, 0.29) is 6.54 Å². The van der Waals surface area contributed by atoms with E-state index >= 15 is 0 Å². The summed E-state index contributed by atoms with van der Waals surface area (Å²) in [5.41, 5.74) is 3.87. The van der Waals surface area contributed by atoms with Gasteiger partial charge in [0.1, 0.15) is 0 Å². The molecule has 0 radical (unpaired) electrons. The Balaban J connectivity index is 3.30. The lowest BCUT2D eigenvalue weighted by atomic mass is 9.73. The highest BCUT2D eigenvalue weighted by Crippen LogP contribution is 2.44. The van der Waals surface area contributed by atoms with Crippen LogP contribution in [0.15, 0.2) is 24.3 Å². The molecule has 3 heteroatoms. The maximum Gasteiger partial charge on any atom is 0.154 e. The standard InChI is InChI=1S/C12H17ClFN/c1-11(2,3)12(14,8-15)9-6-4-5-7-10(9)13/h4-7H,8,15H2,1-3H3. The molecule has 1 nitrogen and oxygen atoms in total. The third-order valence-electron chi connectivity index (χ3n) is 2.77. The van der Waals surface area contributed by atoms with E-state index in [0.29, 0.717) is 10.6 Å². The number of nitrogens with two attached hydrogens (primary N) is 1. The summed E-state index contributed by atoms with van der Waals surface area (Å²) in [6.07, 6.45) is 0. The molecule has 1 unspecified atom stereocenters. The first-order chi connectivity index (χ1) is 6.83. The lowest BCUT2D eigenvalue weighted by Crippen LogP contribution is -2.42. The topological polar surface area (TPSA) is 26.0 Å². The van der Waals surface area contributed by atoms with Crippen molar-refractivity contribution in [1.29, 1.82) is 0 Å².